The monoisotopic (exact) mass is 506 g/mol. The number of carbonyl (C=O) groups is 1. The first-order valence-electron chi connectivity index (χ1n) is 9.26. The number of piperidine rings is 1. The van der Waals surface area contributed by atoms with Gasteiger partial charge in [0.2, 0.25) is 0 Å². The van der Waals surface area contributed by atoms with Gasteiger partial charge in [-0.15, -0.1) is 24.0 Å². The minimum Gasteiger partial charge on any atom is -0.493 e. The molecule has 0 radical (unpaired) electrons. The average Bonchev–Trinajstić information content (AvgIpc) is 2.68. The average molecular weight is 506 g/mol. The number of ether oxygens (including phenoxy) is 3. The molecule has 3 N–H and O–H groups in total. The second-order valence-electron chi connectivity index (χ2n) is 6.31. The summed E-state index contributed by atoms with van der Waals surface area (Å²) in [4.78, 5) is 17.8. The number of hydrogen-bond donors (Lipinski definition) is 2. The maximum absolute atomic E-state index is 11.7. The standard InChI is InChI=1S/C19H30N4O4.HI/c1-4-27-19(24)23-11-8-15(9-12-23)22-18(20)21-10-7-14-5-6-16(25-2)17(13-14)26-3;/h5-6,13,15H,4,7-12H2,1-3H3,(H3,20,21,22);1H. The Hall–Kier alpha value is -1.91. The van der Waals surface area contributed by atoms with E-state index in [9.17, 15) is 4.79 Å². The first-order valence-corrected chi connectivity index (χ1v) is 9.26. The number of rotatable bonds is 7. The zero-order valence-electron chi connectivity index (χ0n) is 16.8. The van der Waals surface area contributed by atoms with E-state index in [4.69, 9.17) is 19.9 Å². The number of halogens is 1. The van der Waals surface area contributed by atoms with E-state index < -0.39 is 0 Å². The number of benzene rings is 1. The summed E-state index contributed by atoms with van der Waals surface area (Å²) in [5.41, 5.74) is 7.11. The van der Waals surface area contributed by atoms with Crippen LogP contribution in [0.4, 0.5) is 4.79 Å². The first-order chi connectivity index (χ1) is 13.1. The third kappa shape index (κ3) is 7.25. The zero-order valence-corrected chi connectivity index (χ0v) is 19.1. The number of carbonyl (C=O) groups excluding carboxylic acids is 1. The lowest BCUT2D eigenvalue weighted by Crippen LogP contribution is -2.48. The van der Waals surface area contributed by atoms with Crippen molar-refractivity contribution in [1.29, 1.82) is 0 Å². The van der Waals surface area contributed by atoms with Gasteiger partial charge in [-0.25, -0.2) is 4.79 Å². The fraction of sp³-hybridized carbons (Fsp3) is 0.579. The number of nitrogens with zero attached hydrogens (tertiary/aromatic N) is 2. The summed E-state index contributed by atoms with van der Waals surface area (Å²) in [6.45, 7) is 4.11. The van der Waals surface area contributed by atoms with Crippen molar-refractivity contribution in [2.24, 2.45) is 10.7 Å². The fourth-order valence-corrected chi connectivity index (χ4v) is 3.02. The van der Waals surface area contributed by atoms with Gasteiger partial charge in [0.05, 0.1) is 20.8 Å². The first kappa shape index (κ1) is 24.1. The van der Waals surface area contributed by atoms with Crippen molar-refractivity contribution < 1.29 is 19.0 Å². The van der Waals surface area contributed by atoms with Gasteiger partial charge >= 0.3 is 6.09 Å². The van der Waals surface area contributed by atoms with Gasteiger partial charge < -0.3 is 30.2 Å². The van der Waals surface area contributed by atoms with Crippen LogP contribution in [0.1, 0.15) is 25.3 Å². The smallest absolute Gasteiger partial charge is 0.409 e. The van der Waals surface area contributed by atoms with Gasteiger partial charge in [-0.3, -0.25) is 4.99 Å². The largest absolute Gasteiger partial charge is 0.493 e. The van der Waals surface area contributed by atoms with Crippen LogP contribution >= 0.6 is 24.0 Å². The molecular weight excluding hydrogens is 475 g/mol. The van der Waals surface area contributed by atoms with Gasteiger partial charge in [0.15, 0.2) is 17.5 Å². The van der Waals surface area contributed by atoms with E-state index in [2.05, 4.69) is 10.3 Å². The summed E-state index contributed by atoms with van der Waals surface area (Å²) in [7, 11) is 3.24. The van der Waals surface area contributed by atoms with Crippen LogP contribution in [-0.4, -0.2) is 63.5 Å². The lowest BCUT2D eigenvalue weighted by Gasteiger charge is -2.31. The Morgan fingerprint density at radius 2 is 1.93 bits per heavy atom. The van der Waals surface area contributed by atoms with Crippen molar-refractivity contribution in [2.45, 2.75) is 32.2 Å². The summed E-state index contributed by atoms with van der Waals surface area (Å²) < 4.78 is 15.6. The van der Waals surface area contributed by atoms with E-state index >= 15 is 0 Å². The minimum absolute atomic E-state index is 0. The summed E-state index contributed by atoms with van der Waals surface area (Å²) in [6.07, 6.45) is 2.16. The number of guanidine groups is 1. The number of likely N-dealkylation sites (tertiary alicyclic amines) is 1. The number of hydrogen-bond acceptors (Lipinski definition) is 5. The molecule has 1 aliphatic heterocycles. The summed E-state index contributed by atoms with van der Waals surface area (Å²) in [5.74, 6) is 1.85. The van der Waals surface area contributed by atoms with E-state index in [0.29, 0.717) is 43.7 Å². The molecule has 2 rings (SSSR count). The molecule has 1 heterocycles. The van der Waals surface area contributed by atoms with E-state index in [0.717, 1.165) is 24.8 Å². The maximum atomic E-state index is 11.7. The number of nitrogens with one attached hydrogen (secondary N) is 1. The predicted octanol–water partition coefficient (Wildman–Crippen LogP) is 2.39. The molecule has 158 valence electrons. The quantitative estimate of drug-likeness (QED) is 0.335. The van der Waals surface area contributed by atoms with Crippen LogP contribution in [0, 0.1) is 0 Å². The third-order valence-electron chi connectivity index (χ3n) is 4.50. The van der Waals surface area contributed by atoms with Crippen LogP contribution in [0.15, 0.2) is 23.2 Å². The van der Waals surface area contributed by atoms with Gasteiger partial charge in [0, 0.05) is 25.7 Å². The predicted molar refractivity (Wildman–Crippen MR) is 120 cm³/mol. The Morgan fingerprint density at radius 3 is 2.54 bits per heavy atom. The van der Waals surface area contributed by atoms with Crippen LogP contribution < -0.4 is 20.5 Å². The van der Waals surface area contributed by atoms with Gasteiger partial charge in [-0.1, -0.05) is 6.07 Å². The van der Waals surface area contributed by atoms with E-state index in [1.54, 1.807) is 19.1 Å². The Morgan fingerprint density at radius 1 is 1.25 bits per heavy atom. The lowest BCUT2D eigenvalue weighted by molar-refractivity contribution is 0.0963. The van der Waals surface area contributed by atoms with Crippen molar-refractivity contribution in [3.05, 3.63) is 23.8 Å². The molecule has 1 aromatic rings. The number of nitrogens with two attached hydrogens (primary N) is 1. The van der Waals surface area contributed by atoms with Crippen molar-refractivity contribution in [3.8, 4) is 11.5 Å². The highest BCUT2D eigenvalue weighted by Crippen LogP contribution is 2.27. The van der Waals surface area contributed by atoms with Crippen molar-refractivity contribution in [3.63, 3.8) is 0 Å². The van der Waals surface area contributed by atoms with Crippen molar-refractivity contribution >= 4 is 36.0 Å². The topological polar surface area (TPSA) is 98.4 Å². The second-order valence-corrected chi connectivity index (χ2v) is 6.31. The van der Waals surface area contributed by atoms with Gasteiger partial charge in [0.25, 0.3) is 0 Å². The molecule has 1 fully saturated rings. The molecule has 1 aliphatic rings. The maximum Gasteiger partial charge on any atom is 0.409 e. The van der Waals surface area contributed by atoms with Crippen LogP contribution in [-0.2, 0) is 11.2 Å². The van der Waals surface area contributed by atoms with Crippen LogP contribution in [0.25, 0.3) is 0 Å². The molecule has 0 aliphatic carbocycles. The minimum atomic E-state index is -0.243. The summed E-state index contributed by atoms with van der Waals surface area (Å²) in [6, 6.07) is 6.05. The number of methoxy groups -OCH3 is 2. The van der Waals surface area contributed by atoms with E-state index in [1.807, 2.05) is 25.1 Å². The van der Waals surface area contributed by atoms with Gasteiger partial charge in [-0.2, -0.15) is 0 Å². The Bertz CT molecular complexity index is 649. The lowest BCUT2D eigenvalue weighted by atomic mass is 10.1. The van der Waals surface area contributed by atoms with Crippen molar-refractivity contribution in [1.82, 2.24) is 10.2 Å². The molecular formula is C19H31IN4O4. The Labute approximate surface area is 183 Å². The second kappa shape index (κ2) is 12.5. The molecule has 0 atom stereocenters. The molecule has 1 saturated heterocycles. The molecule has 1 amide bonds. The molecule has 0 bridgehead atoms. The molecule has 9 heteroatoms. The summed E-state index contributed by atoms with van der Waals surface area (Å²) >= 11 is 0. The third-order valence-corrected chi connectivity index (χ3v) is 4.50. The zero-order chi connectivity index (χ0) is 19.6. The Kier molecular flexibility index (Phi) is 10.8. The highest BCUT2D eigenvalue weighted by Gasteiger charge is 2.23. The Balaban J connectivity index is 0.00000392. The van der Waals surface area contributed by atoms with E-state index in [1.165, 1.54) is 0 Å². The SMILES string of the molecule is CCOC(=O)N1CCC(NC(N)=NCCc2ccc(OC)c(OC)c2)CC1.I. The highest BCUT2D eigenvalue weighted by atomic mass is 127. The highest BCUT2D eigenvalue weighted by molar-refractivity contribution is 14.0. The summed E-state index contributed by atoms with van der Waals surface area (Å²) in [5, 5.41) is 3.24. The normalized spacial score (nSPS) is 14.8. The molecule has 0 spiro atoms. The van der Waals surface area contributed by atoms with Crippen LogP contribution in [0.2, 0.25) is 0 Å². The van der Waals surface area contributed by atoms with Gasteiger partial charge in [0.1, 0.15) is 0 Å². The van der Waals surface area contributed by atoms with Gasteiger partial charge in [-0.05, 0) is 43.9 Å². The molecule has 8 nitrogen and oxygen atoms in total. The van der Waals surface area contributed by atoms with Crippen LogP contribution in [0.5, 0.6) is 11.5 Å². The van der Waals surface area contributed by atoms with Crippen LogP contribution in [0.3, 0.4) is 0 Å². The number of aliphatic imine (C=N–C) groups is 1. The molecule has 0 unspecified atom stereocenters. The fourth-order valence-electron chi connectivity index (χ4n) is 3.02. The number of amides is 1. The van der Waals surface area contributed by atoms with E-state index in [-0.39, 0.29) is 36.1 Å². The molecule has 1 aromatic carbocycles. The molecule has 28 heavy (non-hydrogen) atoms. The molecule has 0 aromatic heterocycles. The van der Waals surface area contributed by atoms with Crippen molar-refractivity contribution in [2.75, 3.05) is 40.5 Å². The molecule has 0 saturated carbocycles.